The standard InChI is InChI=1S/C22H51N3OSi/c1-8-9-20-26-27-21-16-22(13-10-17-23(2)3,14-11-18-24(4)5)15-12-19-25(6)7/h8-21,27H2,1-7H3. The largest absolute Gasteiger partial charge is 0.424 e. The van der Waals surface area contributed by atoms with Crippen molar-refractivity contribution in [2.75, 3.05) is 68.5 Å². The molecule has 0 aromatic carbocycles. The Kier molecular flexibility index (Phi) is 17.0. The fourth-order valence-electron chi connectivity index (χ4n) is 3.96. The minimum Gasteiger partial charge on any atom is -0.424 e. The summed E-state index contributed by atoms with van der Waals surface area (Å²) in [5.74, 6) is 0. The fourth-order valence-corrected chi connectivity index (χ4v) is 5.47. The topological polar surface area (TPSA) is 19.0 Å². The lowest BCUT2D eigenvalue weighted by Gasteiger charge is -2.36. The summed E-state index contributed by atoms with van der Waals surface area (Å²) >= 11 is 0. The molecular formula is C22H51N3OSi. The highest BCUT2D eigenvalue weighted by atomic mass is 28.2. The van der Waals surface area contributed by atoms with Crippen molar-refractivity contribution in [3.05, 3.63) is 0 Å². The summed E-state index contributed by atoms with van der Waals surface area (Å²) < 4.78 is 6.01. The summed E-state index contributed by atoms with van der Waals surface area (Å²) in [6.45, 7) is 6.89. The first kappa shape index (κ1) is 27.1. The number of nitrogens with zero attached hydrogens (tertiary/aromatic N) is 3. The average molecular weight is 402 g/mol. The second-order valence-corrected chi connectivity index (χ2v) is 10.8. The zero-order valence-corrected chi connectivity index (χ0v) is 21.3. The molecule has 0 aliphatic heterocycles. The molecule has 0 fully saturated rings. The smallest absolute Gasteiger partial charge is 0.161 e. The van der Waals surface area contributed by atoms with Gasteiger partial charge in [0.15, 0.2) is 9.76 Å². The second-order valence-electron chi connectivity index (χ2n) is 9.29. The van der Waals surface area contributed by atoms with Crippen molar-refractivity contribution in [1.82, 2.24) is 14.7 Å². The molecule has 0 radical (unpaired) electrons. The van der Waals surface area contributed by atoms with E-state index in [1.165, 1.54) is 83.5 Å². The van der Waals surface area contributed by atoms with Gasteiger partial charge in [0.25, 0.3) is 0 Å². The molecular weight excluding hydrogens is 350 g/mol. The molecule has 0 heterocycles. The molecule has 0 saturated carbocycles. The van der Waals surface area contributed by atoms with Crippen LogP contribution in [0.4, 0.5) is 0 Å². The van der Waals surface area contributed by atoms with Crippen molar-refractivity contribution in [2.24, 2.45) is 5.41 Å². The zero-order chi connectivity index (χ0) is 20.5. The van der Waals surface area contributed by atoms with Gasteiger partial charge >= 0.3 is 0 Å². The second kappa shape index (κ2) is 17.0. The van der Waals surface area contributed by atoms with Gasteiger partial charge in [-0.05, 0) is 125 Å². The summed E-state index contributed by atoms with van der Waals surface area (Å²) in [5.41, 5.74) is 0.531. The first-order valence-corrected chi connectivity index (χ1v) is 12.9. The summed E-state index contributed by atoms with van der Waals surface area (Å²) in [4.78, 5) is 7.02. The molecule has 0 atom stereocenters. The fraction of sp³-hybridized carbons (Fsp3) is 1.00. The van der Waals surface area contributed by atoms with Crippen molar-refractivity contribution in [3.63, 3.8) is 0 Å². The Morgan fingerprint density at radius 3 is 1.48 bits per heavy atom. The Morgan fingerprint density at radius 1 is 0.667 bits per heavy atom. The molecule has 5 heteroatoms. The molecule has 0 spiro atoms. The SMILES string of the molecule is CCCCO[SiH2]CCC(CCCN(C)C)(CCCN(C)C)CCCN(C)C. The van der Waals surface area contributed by atoms with Crippen molar-refractivity contribution in [1.29, 1.82) is 0 Å². The first-order chi connectivity index (χ1) is 12.8. The normalized spacial score (nSPS) is 13.1. The summed E-state index contributed by atoms with van der Waals surface area (Å²) in [7, 11) is 12.9. The van der Waals surface area contributed by atoms with Crippen LogP contribution in [0.1, 0.15) is 64.7 Å². The quantitative estimate of drug-likeness (QED) is 0.243. The van der Waals surface area contributed by atoms with E-state index in [-0.39, 0.29) is 9.76 Å². The van der Waals surface area contributed by atoms with E-state index in [2.05, 4.69) is 63.9 Å². The summed E-state index contributed by atoms with van der Waals surface area (Å²) in [6.07, 6.45) is 12.0. The van der Waals surface area contributed by atoms with Crippen LogP contribution in [0.2, 0.25) is 6.04 Å². The molecule has 27 heavy (non-hydrogen) atoms. The van der Waals surface area contributed by atoms with Crippen molar-refractivity contribution in [3.8, 4) is 0 Å². The van der Waals surface area contributed by atoms with Crippen LogP contribution in [0.3, 0.4) is 0 Å². The summed E-state index contributed by atoms with van der Waals surface area (Å²) in [6, 6.07) is 1.36. The zero-order valence-electron chi connectivity index (χ0n) is 19.9. The van der Waals surface area contributed by atoms with Crippen LogP contribution in [0, 0.1) is 5.41 Å². The highest BCUT2D eigenvalue weighted by molar-refractivity contribution is 6.27. The van der Waals surface area contributed by atoms with E-state index in [1.54, 1.807) is 0 Å². The third-order valence-electron chi connectivity index (χ3n) is 5.58. The van der Waals surface area contributed by atoms with E-state index in [0.29, 0.717) is 5.41 Å². The maximum atomic E-state index is 6.01. The predicted molar refractivity (Wildman–Crippen MR) is 125 cm³/mol. The third-order valence-corrected chi connectivity index (χ3v) is 6.79. The van der Waals surface area contributed by atoms with Gasteiger partial charge in [-0.1, -0.05) is 13.3 Å². The molecule has 0 bridgehead atoms. The molecule has 0 saturated heterocycles. The first-order valence-electron chi connectivity index (χ1n) is 11.3. The van der Waals surface area contributed by atoms with Gasteiger partial charge in [-0.25, -0.2) is 0 Å². The molecule has 0 aromatic heterocycles. The maximum Gasteiger partial charge on any atom is 0.161 e. The number of rotatable bonds is 19. The van der Waals surface area contributed by atoms with E-state index in [0.717, 1.165) is 6.61 Å². The van der Waals surface area contributed by atoms with Gasteiger partial charge in [0.2, 0.25) is 0 Å². The van der Waals surface area contributed by atoms with Gasteiger partial charge in [-0.3, -0.25) is 0 Å². The van der Waals surface area contributed by atoms with Crippen LogP contribution >= 0.6 is 0 Å². The Bertz CT molecular complexity index is 289. The minimum atomic E-state index is -0.337. The van der Waals surface area contributed by atoms with E-state index >= 15 is 0 Å². The molecule has 0 aliphatic rings. The highest BCUT2D eigenvalue weighted by Crippen LogP contribution is 2.40. The van der Waals surface area contributed by atoms with Gasteiger partial charge in [-0.2, -0.15) is 0 Å². The Labute approximate surface area is 173 Å². The lowest BCUT2D eigenvalue weighted by molar-refractivity contribution is 0.170. The predicted octanol–water partition coefficient (Wildman–Crippen LogP) is 3.71. The third kappa shape index (κ3) is 16.7. The molecule has 164 valence electrons. The lowest BCUT2D eigenvalue weighted by Crippen LogP contribution is -2.27. The Hall–Kier alpha value is 0.0569. The van der Waals surface area contributed by atoms with Crippen LogP contribution in [-0.4, -0.2) is 93.0 Å². The van der Waals surface area contributed by atoms with Crippen LogP contribution in [0.15, 0.2) is 0 Å². The number of unbranched alkanes of at least 4 members (excludes halogenated alkanes) is 1. The molecule has 0 unspecified atom stereocenters. The van der Waals surface area contributed by atoms with Gasteiger partial charge in [0.05, 0.1) is 0 Å². The van der Waals surface area contributed by atoms with E-state index in [9.17, 15) is 0 Å². The lowest BCUT2D eigenvalue weighted by atomic mass is 9.73. The van der Waals surface area contributed by atoms with Crippen molar-refractivity contribution < 1.29 is 4.43 Å². The van der Waals surface area contributed by atoms with Crippen molar-refractivity contribution >= 4 is 9.76 Å². The van der Waals surface area contributed by atoms with E-state index < -0.39 is 0 Å². The van der Waals surface area contributed by atoms with Crippen LogP contribution in [0.5, 0.6) is 0 Å². The van der Waals surface area contributed by atoms with E-state index in [4.69, 9.17) is 4.43 Å². The Morgan fingerprint density at radius 2 is 1.11 bits per heavy atom. The van der Waals surface area contributed by atoms with Crippen LogP contribution in [-0.2, 0) is 4.43 Å². The molecule has 4 nitrogen and oxygen atoms in total. The van der Waals surface area contributed by atoms with Gasteiger partial charge < -0.3 is 19.1 Å². The monoisotopic (exact) mass is 401 g/mol. The molecule has 0 N–H and O–H groups in total. The minimum absolute atomic E-state index is 0.337. The highest BCUT2D eigenvalue weighted by Gasteiger charge is 2.28. The molecule has 0 aromatic rings. The van der Waals surface area contributed by atoms with Gasteiger partial charge in [0, 0.05) is 6.61 Å². The molecule has 0 rings (SSSR count). The van der Waals surface area contributed by atoms with E-state index in [1.807, 2.05) is 0 Å². The Balaban J connectivity index is 4.76. The van der Waals surface area contributed by atoms with Gasteiger partial charge in [-0.15, -0.1) is 0 Å². The van der Waals surface area contributed by atoms with Crippen molar-refractivity contribution in [2.45, 2.75) is 70.8 Å². The maximum absolute atomic E-state index is 6.01. The van der Waals surface area contributed by atoms with Crippen LogP contribution in [0.25, 0.3) is 0 Å². The number of hydrogen-bond donors (Lipinski definition) is 0. The molecule has 0 aliphatic carbocycles. The molecule has 0 amide bonds. The van der Waals surface area contributed by atoms with Gasteiger partial charge in [0.1, 0.15) is 0 Å². The average Bonchev–Trinajstić information content (AvgIpc) is 2.57. The number of hydrogen-bond acceptors (Lipinski definition) is 4. The van der Waals surface area contributed by atoms with Crippen LogP contribution < -0.4 is 0 Å². The summed E-state index contributed by atoms with van der Waals surface area (Å²) in [5, 5.41) is 0.